The summed E-state index contributed by atoms with van der Waals surface area (Å²) in [5, 5.41) is 0. The van der Waals surface area contributed by atoms with Crippen LogP contribution in [0.1, 0.15) is 32.3 Å². The summed E-state index contributed by atoms with van der Waals surface area (Å²) in [6.45, 7) is 4.52. The molecule has 1 aliphatic carbocycles. The van der Waals surface area contributed by atoms with Gasteiger partial charge in [-0.2, -0.15) is 0 Å². The number of esters is 1. The van der Waals surface area contributed by atoms with E-state index in [0.717, 1.165) is 30.6 Å². The highest BCUT2D eigenvalue weighted by molar-refractivity contribution is 5.80. The Hall–Kier alpha value is -1.95. The van der Waals surface area contributed by atoms with Crippen LogP contribution in [0.3, 0.4) is 0 Å². The number of benzene rings is 1. The first kappa shape index (κ1) is 15.4. The van der Waals surface area contributed by atoms with Gasteiger partial charge in [-0.15, -0.1) is 5.92 Å². The summed E-state index contributed by atoms with van der Waals surface area (Å²) < 4.78 is 10.5. The van der Waals surface area contributed by atoms with E-state index in [9.17, 15) is 4.79 Å². The van der Waals surface area contributed by atoms with Crippen LogP contribution in [-0.4, -0.2) is 19.7 Å². The minimum Gasteiger partial charge on any atom is -0.481 e. The van der Waals surface area contributed by atoms with Crippen molar-refractivity contribution in [3.63, 3.8) is 0 Å². The standard InChI is InChI=1S/C18H22O3/c1-4-5-6-11-21-16-9-7-15(8-10-16)13-18(12-14(18)2)17(19)20-3/h7-10,14H,4,11-13H2,1-3H3/t14-,18+/m0/s1. The van der Waals surface area contributed by atoms with E-state index in [4.69, 9.17) is 9.47 Å². The van der Waals surface area contributed by atoms with Gasteiger partial charge in [0.1, 0.15) is 12.4 Å². The zero-order chi connectivity index (χ0) is 15.3. The Bertz CT molecular complexity index is 550. The first-order chi connectivity index (χ1) is 10.1. The number of carbonyl (C=O) groups excluding carboxylic acids is 1. The number of methoxy groups -OCH3 is 1. The van der Waals surface area contributed by atoms with Gasteiger partial charge in [0.25, 0.3) is 0 Å². The van der Waals surface area contributed by atoms with Crippen LogP contribution in [0, 0.1) is 23.2 Å². The fourth-order valence-corrected chi connectivity index (χ4v) is 2.66. The molecule has 0 radical (unpaired) electrons. The summed E-state index contributed by atoms with van der Waals surface area (Å²) in [7, 11) is 1.46. The van der Waals surface area contributed by atoms with Crippen molar-refractivity contribution in [2.45, 2.75) is 33.1 Å². The molecule has 1 fully saturated rings. The number of hydrogen-bond acceptors (Lipinski definition) is 3. The third-order valence-corrected chi connectivity index (χ3v) is 4.10. The lowest BCUT2D eigenvalue weighted by atomic mass is 9.94. The number of ether oxygens (including phenoxy) is 2. The molecule has 21 heavy (non-hydrogen) atoms. The Morgan fingerprint density at radius 2 is 2.00 bits per heavy atom. The summed E-state index contributed by atoms with van der Waals surface area (Å²) in [5.41, 5.74) is 0.820. The van der Waals surface area contributed by atoms with Gasteiger partial charge in [0.15, 0.2) is 0 Å². The molecule has 3 heteroatoms. The second-order valence-corrected chi connectivity index (χ2v) is 5.57. The quantitative estimate of drug-likeness (QED) is 0.616. The average Bonchev–Trinajstić information content (AvgIpc) is 3.15. The molecule has 2 atom stereocenters. The Labute approximate surface area is 126 Å². The van der Waals surface area contributed by atoms with Crippen molar-refractivity contribution in [2.24, 2.45) is 11.3 Å². The second kappa shape index (κ2) is 6.67. The molecule has 0 unspecified atom stereocenters. The van der Waals surface area contributed by atoms with Crippen LogP contribution in [0.4, 0.5) is 0 Å². The minimum absolute atomic E-state index is 0.0924. The first-order valence-corrected chi connectivity index (χ1v) is 7.38. The highest BCUT2D eigenvalue weighted by Gasteiger charge is 2.57. The van der Waals surface area contributed by atoms with Gasteiger partial charge in [0.2, 0.25) is 0 Å². The maximum atomic E-state index is 11.9. The highest BCUT2D eigenvalue weighted by atomic mass is 16.5. The predicted octanol–water partition coefficient (Wildman–Crippen LogP) is 3.22. The van der Waals surface area contributed by atoms with Crippen molar-refractivity contribution in [1.29, 1.82) is 0 Å². The summed E-state index contributed by atoms with van der Waals surface area (Å²) in [4.78, 5) is 11.9. The maximum absolute atomic E-state index is 11.9. The van der Waals surface area contributed by atoms with Crippen molar-refractivity contribution in [2.75, 3.05) is 13.7 Å². The van der Waals surface area contributed by atoms with Gasteiger partial charge in [0, 0.05) is 6.42 Å². The highest BCUT2D eigenvalue weighted by Crippen LogP contribution is 2.55. The summed E-state index contributed by atoms with van der Waals surface area (Å²) in [5.74, 6) is 7.01. The molecule has 0 N–H and O–H groups in total. The summed E-state index contributed by atoms with van der Waals surface area (Å²) in [6.07, 6.45) is 2.48. The largest absolute Gasteiger partial charge is 0.481 e. The van der Waals surface area contributed by atoms with Gasteiger partial charge in [-0.1, -0.05) is 31.9 Å². The lowest BCUT2D eigenvalue weighted by molar-refractivity contribution is -0.147. The Morgan fingerprint density at radius 3 is 2.52 bits per heavy atom. The van der Waals surface area contributed by atoms with E-state index in [0.29, 0.717) is 12.5 Å². The second-order valence-electron chi connectivity index (χ2n) is 5.57. The molecule has 0 amide bonds. The zero-order valence-electron chi connectivity index (χ0n) is 12.9. The van der Waals surface area contributed by atoms with Gasteiger partial charge < -0.3 is 9.47 Å². The molecule has 0 bridgehead atoms. The van der Waals surface area contributed by atoms with Crippen LogP contribution < -0.4 is 4.74 Å². The lowest BCUT2D eigenvalue weighted by Crippen LogP contribution is -2.22. The zero-order valence-corrected chi connectivity index (χ0v) is 12.9. The molecule has 0 heterocycles. The maximum Gasteiger partial charge on any atom is 0.312 e. The predicted molar refractivity (Wildman–Crippen MR) is 81.9 cm³/mol. The topological polar surface area (TPSA) is 35.5 Å². The smallest absolute Gasteiger partial charge is 0.312 e. The molecule has 0 aliphatic heterocycles. The van der Waals surface area contributed by atoms with Gasteiger partial charge >= 0.3 is 5.97 Å². The molecule has 2 rings (SSSR count). The Balaban J connectivity index is 1.95. The first-order valence-electron chi connectivity index (χ1n) is 7.38. The van der Waals surface area contributed by atoms with E-state index in [1.807, 2.05) is 31.2 Å². The molecule has 0 spiro atoms. The van der Waals surface area contributed by atoms with Crippen molar-refractivity contribution in [3.8, 4) is 17.6 Å². The summed E-state index contributed by atoms with van der Waals surface area (Å²) in [6, 6.07) is 7.89. The van der Waals surface area contributed by atoms with Gasteiger partial charge in [-0.25, -0.2) is 0 Å². The monoisotopic (exact) mass is 286 g/mol. The third-order valence-electron chi connectivity index (χ3n) is 4.10. The molecule has 112 valence electrons. The van der Waals surface area contributed by atoms with Gasteiger partial charge in [0.05, 0.1) is 12.5 Å². The van der Waals surface area contributed by atoms with E-state index in [1.54, 1.807) is 0 Å². The fraction of sp³-hybridized carbons (Fsp3) is 0.500. The van der Waals surface area contributed by atoms with Crippen molar-refractivity contribution < 1.29 is 14.3 Å². The van der Waals surface area contributed by atoms with E-state index in [-0.39, 0.29) is 11.4 Å². The van der Waals surface area contributed by atoms with Crippen LogP contribution in [0.2, 0.25) is 0 Å². The molecule has 0 saturated heterocycles. The number of carbonyl (C=O) groups is 1. The molecule has 1 aliphatic rings. The van der Waals surface area contributed by atoms with Crippen molar-refractivity contribution >= 4 is 5.97 Å². The SMILES string of the molecule is CCC#CCOc1ccc(C[C@]2(C(=O)OC)C[C@@H]2C)cc1. The molecule has 3 nitrogen and oxygen atoms in total. The van der Waals surface area contributed by atoms with Crippen LogP contribution in [0.15, 0.2) is 24.3 Å². The van der Waals surface area contributed by atoms with Gasteiger partial charge in [-0.05, 0) is 36.5 Å². The van der Waals surface area contributed by atoms with E-state index >= 15 is 0 Å². The van der Waals surface area contributed by atoms with Crippen molar-refractivity contribution in [1.82, 2.24) is 0 Å². The Morgan fingerprint density at radius 1 is 1.33 bits per heavy atom. The molecule has 1 aromatic rings. The van der Waals surface area contributed by atoms with Crippen LogP contribution in [0.5, 0.6) is 5.75 Å². The third kappa shape index (κ3) is 3.58. The molecule has 1 saturated carbocycles. The molecular formula is C18H22O3. The van der Waals surface area contributed by atoms with Crippen LogP contribution in [0.25, 0.3) is 0 Å². The number of hydrogen-bond donors (Lipinski definition) is 0. The Kier molecular flexibility index (Phi) is 4.90. The normalized spacial score (nSPS) is 22.9. The van der Waals surface area contributed by atoms with Crippen LogP contribution in [-0.2, 0) is 16.0 Å². The van der Waals surface area contributed by atoms with E-state index < -0.39 is 0 Å². The molecule has 0 aromatic heterocycles. The molecular weight excluding hydrogens is 264 g/mol. The minimum atomic E-state index is -0.316. The van der Waals surface area contributed by atoms with Crippen LogP contribution >= 0.6 is 0 Å². The van der Waals surface area contributed by atoms with E-state index in [1.165, 1.54) is 7.11 Å². The fourth-order valence-electron chi connectivity index (χ4n) is 2.66. The summed E-state index contributed by atoms with van der Waals surface area (Å²) >= 11 is 0. The lowest BCUT2D eigenvalue weighted by Gasteiger charge is -2.14. The average molecular weight is 286 g/mol. The number of rotatable bonds is 5. The van der Waals surface area contributed by atoms with Crippen molar-refractivity contribution in [3.05, 3.63) is 29.8 Å². The van der Waals surface area contributed by atoms with Gasteiger partial charge in [-0.3, -0.25) is 4.79 Å². The van der Waals surface area contributed by atoms with E-state index in [2.05, 4.69) is 18.8 Å². The molecule has 1 aromatic carbocycles.